The van der Waals surface area contributed by atoms with Gasteiger partial charge in [0, 0.05) is 20.3 Å². The predicted molar refractivity (Wildman–Crippen MR) is 139 cm³/mol. The molecule has 0 unspecified atom stereocenters. The molecular formula is C32H30Si. The van der Waals surface area contributed by atoms with E-state index in [1.54, 1.807) is 0 Å². The molecule has 162 valence electrons. The zero-order chi connectivity index (χ0) is 22.1. The van der Waals surface area contributed by atoms with Gasteiger partial charge in [-0.15, -0.1) is 0 Å². The molecule has 2 aliphatic rings. The Morgan fingerprint density at radius 1 is 0.485 bits per heavy atom. The fraction of sp³-hybridized carbons (Fsp3) is 0.250. The van der Waals surface area contributed by atoms with Gasteiger partial charge in [-0.05, 0) is 39.8 Å². The molecule has 0 nitrogen and oxygen atoms in total. The van der Waals surface area contributed by atoms with E-state index in [9.17, 15) is 0 Å². The molecule has 1 heteroatoms. The van der Waals surface area contributed by atoms with Gasteiger partial charge in [-0.25, -0.2) is 0 Å². The molecule has 0 bridgehead atoms. The Bertz CT molecular complexity index is 1010. The Labute approximate surface area is 200 Å². The average Bonchev–Trinajstić information content (AvgIpc) is 2.86. The number of benzene rings is 4. The van der Waals surface area contributed by atoms with Crippen molar-refractivity contribution in [2.45, 2.75) is 47.6 Å². The van der Waals surface area contributed by atoms with E-state index in [-0.39, 0.29) is 10.8 Å². The molecule has 0 N–H and O–H groups in total. The molecule has 0 aromatic heterocycles. The van der Waals surface area contributed by atoms with Crippen LogP contribution in [0.2, 0.25) is 11.1 Å². The van der Waals surface area contributed by atoms with Gasteiger partial charge in [-0.2, -0.15) is 0 Å². The van der Waals surface area contributed by atoms with Crippen LogP contribution in [0.5, 0.6) is 0 Å². The largest absolute Gasteiger partial charge is 0.0622 e. The Kier molecular flexibility index (Phi) is 5.31. The summed E-state index contributed by atoms with van der Waals surface area (Å²) in [6.45, 7) is 0. The van der Waals surface area contributed by atoms with Crippen molar-refractivity contribution in [1.29, 1.82) is 0 Å². The van der Waals surface area contributed by atoms with Crippen molar-refractivity contribution in [2.75, 3.05) is 0 Å². The molecule has 6 rings (SSSR count). The minimum Gasteiger partial charge on any atom is -0.0622 e. The van der Waals surface area contributed by atoms with Gasteiger partial charge in [-0.3, -0.25) is 0 Å². The first-order valence-corrected chi connectivity index (χ1v) is 13.5. The van der Waals surface area contributed by atoms with E-state index in [4.69, 9.17) is 0 Å². The molecule has 0 heterocycles. The fourth-order valence-electron chi connectivity index (χ4n) is 6.38. The Morgan fingerprint density at radius 2 is 0.818 bits per heavy atom. The summed E-state index contributed by atoms with van der Waals surface area (Å²) < 4.78 is 0. The first-order valence-electron chi connectivity index (χ1n) is 12.3. The topological polar surface area (TPSA) is 0 Å². The van der Waals surface area contributed by atoms with Crippen molar-refractivity contribution < 1.29 is 0 Å². The van der Waals surface area contributed by atoms with E-state index < -0.39 is 0 Å². The monoisotopic (exact) mass is 442 g/mol. The van der Waals surface area contributed by atoms with E-state index in [1.165, 1.54) is 41.5 Å². The molecule has 0 atom stereocenters. The molecule has 4 aromatic carbocycles. The molecular weight excluding hydrogens is 412 g/mol. The van der Waals surface area contributed by atoms with Gasteiger partial charge in [-0.1, -0.05) is 141 Å². The van der Waals surface area contributed by atoms with Crippen LogP contribution in [0.15, 0.2) is 121 Å². The van der Waals surface area contributed by atoms with Gasteiger partial charge in [0.15, 0.2) is 0 Å². The SMILES string of the molecule is c1ccc(C2(c3ccccc3)CC(c3ccccc3)(c3ccccc3)C2[Si]C2CCC2)cc1. The highest BCUT2D eigenvalue weighted by molar-refractivity contribution is 6.42. The van der Waals surface area contributed by atoms with Crippen molar-refractivity contribution >= 4 is 9.52 Å². The molecule has 0 spiro atoms. The van der Waals surface area contributed by atoms with Crippen LogP contribution in [0, 0.1) is 0 Å². The normalized spacial score (nSPS) is 19.4. The van der Waals surface area contributed by atoms with Crippen LogP contribution in [0.25, 0.3) is 0 Å². The van der Waals surface area contributed by atoms with Crippen molar-refractivity contribution in [2.24, 2.45) is 0 Å². The van der Waals surface area contributed by atoms with Crippen molar-refractivity contribution in [3.63, 3.8) is 0 Å². The maximum atomic E-state index is 2.38. The van der Waals surface area contributed by atoms with E-state index >= 15 is 0 Å². The van der Waals surface area contributed by atoms with Crippen molar-refractivity contribution in [1.82, 2.24) is 0 Å². The predicted octanol–water partition coefficient (Wildman–Crippen LogP) is 7.83. The highest BCUT2D eigenvalue weighted by Crippen LogP contribution is 2.70. The van der Waals surface area contributed by atoms with E-state index in [0.29, 0.717) is 5.54 Å². The molecule has 2 saturated carbocycles. The highest BCUT2D eigenvalue weighted by Gasteiger charge is 2.65. The smallest absolute Gasteiger partial charge is 0.0479 e. The molecule has 0 aliphatic heterocycles. The highest BCUT2D eigenvalue weighted by atomic mass is 28.2. The second-order valence-corrected chi connectivity index (χ2v) is 11.5. The van der Waals surface area contributed by atoms with E-state index in [1.807, 2.05) is 0 Å². The summed E-state index contributed by atoms with van der Waals surface area (Å²) in [5.74, 6) is 0. The lowest BCUT2D eigenvalue weighted by Crippen LogP contribution is -2.61. The van der Waals surface area contributed by atoms with Crippen molar-refractivity contribution in [3.8, 4) is 0 Å². The fourth-order valence-corrected chi connectivity index (χ4v) is 9.03. The van der Waals surface area contributed by atoms with Gasteiger partial charge >= 0.3 is 0 Å². The maximum Gasteiger partial charge on any atom is 0.0479 e. The quantitative estimate of drug-likeness (QED) is 0.267. The van der Waals surface area contributed by atoms with Crippen LogP contribution in [0.3, 0.4) is 0 Å². The molecule has 2 fully saturated rings. The summed E-state index contributed by atoms with van der Waals surface area (Å²) in [7, 11) is 0.958. The van der Waals surface area contributed by atoms with Gasteiger partial charge in [0.25, 0.3) is 0 Å². The number of hydrogen-bond donors (Lipinski definition) is 0. The standard InChI is InChI=1S/C32H30Si/c1-5-14-25(15-6-1)31(26-16-7-2-8-17-26)24-32(27-18-9-3-10-19-27,28-20-11-4-12-21-28)30(31)33-29-22-13-23-29/h1-12,14-21,29-30H,13,22-24H2. The molecule has 0 amide bonds. The van der Waals surface area contributed by atoms with Gasteiger partial charge in [0.05, 0.1) is 0 Å². The first-order chi connectivity index (χ1) is 16.3. The van der Waals surface area contributed by atoms with Gasteiger partial charge < -0.3 is 0 Å². The van der Waals surface area contributed by atoms with Crippen LogP contribution in [0.4, 0.5) is 0 Å². The Morgan fingerprint density at radius 3 is 1.09 bits per heavy atom. The van der Waals surface area contributed by atoms with Crippen LogP contribution < -0.4 is 0 Å². The van der Waals surface area contributed by atoms with E-state index in [2.05, 4.69) is 121 Å². The number of hydrogen-bond acceptors (Lipinski definition) is 0. The summed E-state index contributed by atoms with van der Waals surface area (Å²) in [6.07, 6.45) is 5.31. The van der Waals surface area contributed by atoms with E-state index in [0.717, 1.165) is 21.5 Å². The van der Waals surface area contributed by atoms with Crippen LogP contribution in [-0.2, 0) is 10.8 Å². The summed E-state index contributed by atoms with van der Waals surface area (Å²) >= 11 is 0. The third-order valence-corrected chi connectivity index (χ3v) is 10.6. The minimum absolute atomic E-state index is 0.0439. The molecule has 33 heavy (non-hydrogen) atoms. The molecule has 4 aromatic rings. The summed E-state index contributed by atoms with van der Waals surface area (Å²) in [4.78, 5) is 0. The second-order valence-electron chi connectivity index (χ2n) is 9.81. The minimum atomic E-state index is 0.0439. The zero-order valence-corrected chi connectivity index (χ0v) is 20.0. The van der Waals surface area contributed by atoms with Gasteiger partial charge in [0.1, 0.15) is 0 Å². The summed E-state index contributed by atoms with van der Waals surface area (Å²) in [5, 5.41) is 0. The van der Waals surface area contributed by atoms with Crippen molar-refractivity contribution in [3.05, 3.63) is 144 Å². The third-order valence-electron chi connectivity index (χ3n) is 8.21. The lowest BCUT2D eigenvalue weighted by atomic mass is 9.44. The zero-order valence-electron chi connectivity index (χ0n) is 19.0. The summed E-state index contributed by atoms with van der Waals surface area (Å²) in [6, 6.07) is 45.5. The van der Waals surface area contributed by atoms with Crippen LogP contribution >= 0.6 is 0 Å². The van der Waals surface area contributed by atoms with Gasteiger partial charge in [0.2, 0.25) is 0 Å². The first kappa shape index (κ1) is 20.7. The second kappa shape index (κ2) is 8.46. The Hall–Kier alpha value is -2.90. The number of rotatable bonds is 6. The molecule has 2 radical (unpaired) electrons. The third kappa shape index (κ3) is 3.25. The average molecular weight is 443 g/mol. The lowest BCUT2D eigenvalue weighted by Gasteiger charge is -2.65. The Balaban J connectivity index is 1.60. The van der Waals surface area contributed by atoms with Crippen LogP contribution in [0.1, 0.15) is 47.9 Å². The van der Waals surface area contributed by atoms with Crippen LogP contribution in [-0.4, -0.2) is 9.52 Å². The lowest BCUT2D eigenvalue weighted by molar-refractivity contribution is 0.167. The summed E-state index contributed by atoms with van der Waals surface area (Å²) in [5.41, 5.74) is 7.43. The molecule has 2 aliphatic carbocycles. The maximum absolute atomic E-state index is 2.38. The molecule has 0 saturated heterocycles.